The van der Waals surface area contributed by atoms with Gasteiger partial charge in [0.25, 0.3) is 10.0 Å². The molecule has 1 aromatic heterocycles. The lowest BCUT2D eigenvalue weighted by molar-refractivity contribution is 0.135. The van der Waals surface area contributed by atoms with Gasteiger partial charge in [-0.1, -0.05) is 23.2 Å². The zero-order valence-corrected chi connectivity index (χ0v) is 12.6. The average molecular weight is 325 g/mol. The van der Waals surface area contributed by atoms with E-state index >= 15 is 0 Å². The maximum Gasteiger partial charge on any atom is 0.255 e. The first kappa shape index (κ1) is 15.0. The molecule has 6 nitrogen and oxygen atoms in total. The maximum absolute atomic E-state index is 12.1. The SMILES string of the molecule is CN1CCN(NS(=O)(=O)c2cnc(Cl)c(Cl)c2)CC1. The highest BCUT2D eigenvalue weighted by Gasteiger charge is 2.22. The van der Waals surface area contributed by atoms with Gasteiger partial charge >= 0.3 is 0 Å². The molecule has 19 heavy (non-hydrogen) atoms. The highest BCUT2D eigenvalue weighted by molar-refractivity contribution is 7.89. The number of nitrogens with zero attached hydrogens (tertiary/aromatic N) is 3. The molecule has 0 spiro atoms. The van der Waals surface area contributed by atoms with Gasteiger partial charge in [-0.15, -0.1) is 4.83 Å². The lowest BCUT2D eigenvalue weighted by Gasteiger charge is -2.32. The summed E-state index contributed by atoms with van der Waals surface area (Å²) in [6.07, 6.45) is 1.19. The number of halogens is 2. The molecule has 0 aromatic carbocycles. The van der Waals surface area contributed by atoms with Gasteiger partial charge in [0.05, 0.1) is 5.02 Å². The highest BCUT2D eigenvalue weighted by Crippen LogP contribution is 2.22. The van der Waals surface area contributed by atoms with E-state index in [0.29, 0.717) is 13.1 Å². The molecule has 1 N–H and O–H groups in total. The van der Waals surface area contributed by atoms with Crippen molar-refractivity contribution in [1.82, 2.24) is 19.7 Å². The number of piperazine rings is 1. The minimum absolute atomic E-state index is 0.000767. The summed E-state index contributed by atoms with van der Waals surface area (Å²) in [4.78, 5) is 8.38. The van der Waals surface area contributed by atoms with Gasteiger partial charge in [-0.2, -0.15) is 0 Å². The molecule has 106 valence electrons. The largest absolute Gasteiger partial charge is 0.304 e. The highest BCUT2D eigenvalue weighted by atomic mass is 35.5. The molecule has 2 rings (SSSR count). The van der Waals surface area contributed by atoms with Crippen molar-refractivity contribution in [2.45, 2.75) is 4.90 Å². The van der Waals surface area contributed by atoms with Gasteiger partial charge in [-0.3, -0.25) is 0 Å². The maximum atomic E-state index is 12.1. The molecule has 0 atom stereocenters. The van der Waals surface area contributed by atoms with Crippen LogP contribution in [0.1, 0.15) is 0 Å². The second-order valence-electron chi connectivity index (χ2n) is 4.33. The van der Waals surface area contributed by atoms with Gasteiger partial charge in [0, 0.05) is 32.4 Å². The molecule has 0 unspecified atom stereocenters. The predicted molar refractivity (Wildman–Crippen MR) is 73.6 cm³/mol. The molecule has 0 aliphatic carbocycles. The third kappa shape index (κ3) is 3.77. The zero-order valence-electron chi connectivity index (χ0n) is 10.3. The van der Waals surface area contributed by atoms with Gasteiger partial charge in [0.2, 0.25) is 0 Å². The summed E-state index contributed by atoms with van der Waals surface area (Å²) in [5.41, 5.74) is 0. The molecule has 1 aromatic rings. The average Bonchev–Trinajstić information content (AvgIpc) is 2.35. The monoisotopic (exact) mass is 324 g/mol. The Morgan fingerprint density at radius 3 is 2.47 bits per heavy atom. The fraction of sp³-hybridized carbons (Fsp3) is 0.500. The normalized spacial score (nSPS) is 18.7. The lowest BCUT2D eigenvalue weighted by Crippen LogP contribution is -2.52. The summed E-state index contributed by atoms with van der Waals surface area (Å²) < 4.78 is 24.3. The van der Waals surface area contributed by atoms with E-state index in [4.69, 9.17) is 23.2 Å². The molecule has 9 heteroatoms. The van der Waals surface area contributed by atoms with E-state index in [2.05, 4.69) is 14.7 Å². The summed E-state index contributed by atoms with van der Waals surface area (Å²) in [5, 5.41) is 1.86. The van der Waals surface area contributed by atoms with Crippen LogP contribution in [0.15, 0.2) is 17.2 Å². The van der Waals surface area contributed by atoms with Crippen LogP contribution in [0, 0.1) is 0 Å². The third-order valence-corrected chi connectivity index (χ3v) is 4.86. The van der Waals surface area contributed by atoms with Crippen LogP contribution < -0.4 is 4.83 Å². The van der Waals surface area contributed by atoms with E-state index in [-0.39, 0.29) is 15.1 Å². The standard InChI is InChI=1S/C10H14Cl2N4O2S/c1-15-2-4-16(5-3-15)14-19(17,18)8-6-9(11)10(12)13-7-8/h6-7,14H,2-5H2,1H3. The Morgan fingerprint density at radius 2 is 1.89 bits per heavy atom. The third-order valence-electron chi connectivity index (χ3n) is 2.83. The zero-order chi connectivity index (χ0) is 14.0. The summed E-state index contributed by atoms with van der Waals surface area (Å²) in [5.74, 6) is 0. The van der Waals surface area contributed by atoms with Gasteiger partial charge in [-0.05, 0) is 13.1 Å². The summed E-state index contributed by atoms with van der Waals surface area (Å²) >= 11 is 11.4. The van der Waals surface area contributed by atoms with Crippen molar-refractivity contribution in [1.29, 1.82) is 0 Å². The van der Waals surface area contributed by atoms with Crippen molar-refractivity contribution in [3.8, 4) is 0 Å². The molecule has 1 aliphatic heterocycles. The van der Waals surface area contributed by atoms with Crippen LogP contribution in [0.3, 0.4) is 0 Å². The Bertz CT molecular complexity index is 559. The van der Waals surface area contributed by atoms with Crippen LogP contribution in [-0.2, 0) is 10.0 Å². The van der Waals surface area contributed by atoms with Crippen molar-refractivity contribution >= 4 is 33.2 Å². The Balaban J connectivity index is 2.11. The second-order valence-corrected chi connectivity index (χ2v) is 6.75. The molecule has 2 heterocycles. The minimum Gasteiger partial charge on any atom is -0.304 e. The number of hydrogen-bond acceptors (Lipinski definition) is 5. The van der Waals surface area contributed by atoms with E-state index in [1.165, 1.54) is 12.3 Å². The molecule has 1 aliphatic rings. The predicted octanol–water partition coefficient (Wildman–Crippen LogP) is 0.829. The first-order chi connectivity index (χ1) is 8.88. The van der Waals surface area contributed by atoms with Gasteiger partial charge in [0.1, 0.15) is 10.0 Å². The number of hydrogen-bond donors (Lipinski definition) is 1. The smallest absolute Gasteiger partial charge is 0.255 e. The molecular formula is C10H14Cl2N4O2S. The summed E-state index contributed by atoms with van der Waals surface area (Å²) in [6.45, 7) is 2.87. The Hall–Kier alpha value is -0.440. The number of nitrogens with one attached hydrogen (secondary N) is 1. The fourth-order valence-corrected chi connectivity index (χ4v) is 3.10. The Kier molecular flexibility index (Phi) is 4.65. The molecular weight excluding hydrogens is 311 g/mol. The van der Waals surface area contributed by atoms with Crippen molar-refractivity contribution in [2.24, 2.45) is 0 Å². The number of pyridine rings is 1. The van der Waals surface area contributed by atoms with E-state index < -0.39 is 10.0 Å². The Labute approximate surface area is 122 Å². The number of aromatic nitrogens is 1. The van der Waals surface area contributed by atoms with Crippen LogP contribution in [0.25, 0.3) is 0 Å². The summed E-state index contributed by atoms with van der Waals surface area (Å²) in [7, 11) is -1.67. The van der Waals surface area contributed by atoms with Crippen LogP contribution in [0.5, 0.6) is 0 Å². The van der Waals surface area contributed by atoms with E-state index in [1.54, 1.807) is 5.01 Å². The van der Waals surface area contributed by atoms with Crippen LogP contribution in [-0.4, -0.2) is 56.5 Å². The van der Waals surface area contributed by atoms with Gasteiger partial charge < -0.3 is 4.90 Å². The lowest BCUT2D eigenvalue weighted by atomic mass is 10.4. The number of sulfonamides is 1. The Morgan fingerprint density at radius 1 is 1.26 bits per heavy atom. The minimum atomic E-state index is -3.66. The second kappa shape index (κ2) is 5.90. The van der Waals surface area contributed by atoms with E-state index in [1.807, 2.05) is 7.05 Å². The molecule has 1 fully saturated rings. The molecule has 0 radical (unpaired) electrons. The topological polar surface area (TPSA) is 65.5 Å². The van der Waals surface area contributed by atoms with Crippen molar-refractivity contribution in [2.75, 3.05) is 33.2 Å². The number of likely N-dealkylation sites (N-methyl/N-ethyl adjacent to an activating group) is 1. The van der Waals surface area contributed by atoms with Gasteiger partial charge in [0.15, 0.2) is 0 Å². The van der Waals surface area contributed by atoms with Crippen molar-refractivity contribution in [3.63, 3.8) is 0 Å². The van der Waals surface area contributed by atoms with Crippen molar-refractivity contribution in [3.05, 3.63) is 22.4 Å². The molecule has 0 saturated carbocycles. The quantitative estimate of drug-likeness (QED) is 0.834. The van der Waals surface area contributed by atoms with E-state index in [9.17, 15) is 8.42 Å². The number of rotatable bonds is 3. The fourth-order valence-electron chi connectivity index (χ4n) is 1.67. The summed E-state index contributed by atoms with van der Waals surface area (Å²) in [6, 6.07) is 1.29. The van der Waals surface area contributed by atoms with Gasteiger partial charge in [-0.25, -0.2) is 18.4 Å². The molecule has 1 saturated heterocycles. The molecule has 0 bridgehead atoms. The van der Waals surface area contributed by atoms with E-state index in [0.717, 1.165) is 13.1 Å². The van der Waals surface area contributed by atoms with Crippen LogP contribution >= 0.6 is 23.2 Å². The number of hydrazine groups is 1. The van der Waals surface area contributed by atoms with Crippen LogP contribution in [0.2, 0.25) is 10.2 Å². The van der Waals surface area contributed by atoms with Crippen molar-refractivity contribution < 1.29 is 8.42 Å². The first-order valence-electron chi connectivity index (χ1n) is 5.65. The van der Waals surface area contributed by atoms with Crippen LogP contribution in [0.4, 0.5) is 0 Å². The first-order valence-corrected chi connectivity index (χ1v) is 7.89. The molecule has 0 amide bonds.